The van der Waals surface area contributed by atoms with Gasteiger partial charge in [0.15, 0.2) is 0 Å². The Morgan fingerprint density at radius 1 is 0.862 bits per heavy atom. The Bertz CT molecular complexity index is 1190. The van der Waals surface area contributed by atoms with Crippen LogP contribution in [0.2, 0.25) is 0 Å². The monoisotopic (exact) mass is 414 g/mol. The summed E-state index contributed by atoms with van der Waals surface area (Å²) in [6, 6.07) is 12.7. The van der Waals surface area contributed by atoms with Gasteiger partial charge in [0, 0.05) is 10.8 Å². The van der Waals surface area contributed by atoms with Gasteiger partial charge in [0.1, 0.15) is 10.6 Å². The summed E-state index contributed by atoms with van der Waals surface area (Å²) in [6.07, 6.45) is 0. The van der Waals surface area contributed by atoms with Crippen molar-refractivity contribution >= 4 is 32.8 Å². The Balaban J connectivity index is 2.16. The summed E-state index contributed by atoms with van der Waals surface area (Å²) in [6.45, 7) is 4.01. The fraction of sp³-hybridized carbons (Fsp3) is 0.143. The number of carbonyl (C=O) groups is 2. The van der Waals surface area contributed by atoms with Gasteiger partial charge in [-0.25, -0.2) is 9.59 Å². The molecule has 0 saturated carbocycles. The third kappa shape index (κ3) is 3.93. The minimum Gasteiger partial charge on any atom is -0.478 e. The third-order valence-electron chi connectivity index (χ3n) is 4.48. The first-order valence-corrected chi connectivity index (χ1v) is 10.1. The zero-order chi connectivity index (χ0) is 21.3. The van der Waals surface area contributed by atoms with Crippen LogP contribution in [0.15, 0.2) is 59.5 Å². The average molecular weight is 414 g/mol. The van der Waals surface area contributed by atoms with Crippen molar-refractivity contribution in [2.45, 2.75) is 24.7 Å². The molecule has 0 bridgehead atoms. The normalized spacial score (nSPS) is 11.6. The van der Waals surface area contributed by atoms with Crippen LogP contribution in [0.25, 0.3) is 10.8 Å². The Hall–Kier alpha value is -3.39. The van der Waals surface area contributed by atoms with E-state index in [1.807, 2.05) is 13.8 Å². The van der Waals surface area contributed by atoms with Gasteiger partial charge in [-0.15, -0.1) is 0 Å². The lowest BCUT2D eigenvalue weighted by Crippen LogP contribution is -2.12. The lowest BCUT2D eigenvalue weighted by molar-refractivity contribution is 0.0695. The summed E-state index contributed by atoms with van der Waals surface area (Å²) in [5, 5.41) is 18.6. The van der Waals surface area contributed by atoms with Crippen LogP contribution in [-0.2, 0) is 10.1 Å². The van der Waals surface area contributed by atoms with Crippen LogP contribution in [0.4, 0.5) is 0 Å². The van der Waals surface area contributed by atoms with Crippen LogP contribution < -0.4 is 4.18 Å². The minimum atomic E-state index is -4.34. The quantitative estimate of drug-likeness (QED) is 0.582. The van der Waals surface area contributed by atoms with E-state index >= 15 is 0 Å². The molecule has 0 unspecified atom stereocenters. The van der Waals surface area contributed by atoms with E-state index in [9.17, 15) is 28.2 Å². The first kappa shape index (κ1) is 20.3. The summed E-state index contributed by atoms with van der Waals surface area (Å²) in [4.78, 5) is 22.8. The fourth-order valence-electron chi connectivity index (χ4n) is 3.03. The van der Waals surface area contributed by atoms with Gasteiger partial charge in [-0.05, 0) is 41.8 Å². The molecule has 7 nitrogen and oxygen atoms in total. The molecule has 0 heterocycles. The largest absolute Gasteiger partial charge is 0.478 e. The topological polar surface area (TPSA) is 118 Å². The van der Waals surface area contributed by atoms with Gasteiger partial charge >= 0.3 is 22.1 Å². The predicted octanol–water partition coefficient (Wildman–Crippen LogP) is 4.13. The van der Waals surface area contributed by atoms with Gasteiger partial charge < -0.3 is 14.4 Å². The highest BCUT2D eigenvalue weighted by Gasteiger charge is 2.25. The molecule has 0 aliphatic rings. The maximum Gasteiger partial charge on any atom is 0.339 e. The Morgan fingerprint density at radius 2 is 1.45 bits per heavy atom. The van der Waals surface area contributed by atoms with E-state index in [2.05, 4.69) is 0 Å². The van der Waals surface area contributed by atoms with E-state index in [-0.39, 0.29) is 38.5 Å². The molecule has 29 heavy (non-hydrogen) atoms. The molecule has 0 aliphatic heterocycles. The first-order chi connectivity index (χ1) is 13.6. The van der Waals surface area contributed by atoms with Gasteiger partial charge in [-0.3, -0.25) is 0 Å². The summed E-state index contributed by atoms with van der Waals surface area (Å²) in [7, 11) is -4.34. The molecule has 0 spiro atoms. The summed E-state index contributed by atoms with van der Waals surface area (Å²) in [5.41, 5.74) is 0.397. The molecule has 8 heteroatoms. The van der Waals surface area contributed by atoms with Crippen LogP contribution in [0.5, 0.6) is 5.75 Å². The Labute approximate surface area is 167 Å². The SMILES string of the molecule is CC(C)c1ccc(OS(=O)(=O)c2ccc(C(=O)O)c3c(C(=O)O)cccc23)cc1. The molecule has 150 valence electrons. The van der Waals surface area contributed by atoms with E-state index in [1.54, 1.807) is 12.1 Å². The van der Waals surface area contributed by atoms with Crippen molar-refractivity contribution in [1.82, 2.24) is 0 Å². The standard InChI is InChI=1S/C21H18O7S/c1-12(2)13-6-8-14(9-7-13)28-29(26,27)18-11-10-17(21(24)25)19-15(18)4-3-5-16(19)20(22)23/h3-12H,1-2H3,(H,22,23)(H,24,25). The number of hydrogen-bond acceptors (Lipinski definition) is 5. The lowest BCUT2D eigenvalue weighted by Gasteiger charge is -2.13. The molecule has 0 amide bonds. The van der Waals surface area contributed by atoms with Gasteiger partial charge in [-0.1, -0.05) is 38.1 Å². The number of carboxylic acid groups (broad SMARTS) is 2. The maximum absolute atomic E-state index is 12.9. The van der Waals surface area contributed by atoms with Crippen molar-refractivity contribution in [3.63, 3.8) is 0 Å². The third-order valence-corrected chi connectivity index (χ3v) is 5.79. The van der Waals surface area contributed by atoms with Gasteiger partial charge in [0.05, 0.1) is 11.1 Å². The van der Waals surface area contributed by atoms with E-state index in [1.165, 1.54) is 30.3 Å². The number of benzene rings is 3. The summed E-state index contributed by atoms with van der Waals surface area (Å²) >= 11 is 0. The van der Waals surface area contributed by atoms with Crippen LogP contribution in [0.3, 0.4) is 0 Å². The zero-order valence-corrected chi connectivity index (χ0v) is 16.4. The second-order valence-electron chi connectivity index (χ2n) is 6.71. The average Bonchev–Trinajstić information content (AvgIpc) is 2.66. The van der Waals surface area contributed by atoms with Crippen LogP contribution in [0, 0.1) is 0 Å². The van der Waals surface area contributed by atoms with Crippen LogP contribution >= 0.6 is 0 Å². The molecule has 3 aromatic carbocycles. The Morgan fingerprint density at radius 3 is 2.00 bits per heavy atom. The number of fused-ring (bicyclic) bond motifs is 1. The number of aromatic carboxylic acids is 2. The summed E-state index contributed by atoms with van der Waals surface area (Å²) in [5.74, 6) is -2.36. The fourth-order valence-corrected chi connectivity index (χ4v) is 4.16. The highest BCUT2D eigenvalue weighted by molar-refractivity contribution is 7.87. The molecule has 0 radical (unpaired) electrons. The minimum absolute atomic E-state index is 0.0383. The van der Waals surface area contributed by atoms with Gasteiger partial charge in [0.25, 0.3) is 0 Å². The Kier molecular flexibility index (Phi) is 5.30. The molecule has 2 N–H and O–H groups in total. The predicted molar refractivity (Wildman–Crippen MR) is 106 cm³/mol. The first-order valence-electron chi connectivity index (χ1n) is 8.68. The molecule has 3 aromatic rings. The molecule has 0 aliphatic carbocycles. The molecular weight excluding hydrogens is 396 g/mol. The van der Waals surface area contributed by atoms with Gasteiger partial charge in [-0.2, -0.15) is 8.42 Å². The molecule has 0 atom stereocenters. The van der Waals surface area contributed by atoms with E-state index in [4.69, 9.17) is 4.18 Å². The molecular formula is C21H18O7S. The zero-order valence-electron chi connectivity index (χ0n) is 15.6. The number of hydrogen-bond donors (Lipinski definition) is 2. The molecule has 0 aromatic heterocycles. The maximum atomic E-state index is 12.9. The van der Waals surface area contributed by atoms with Crippen molar-refractivity contribution < 1.29 is 32.4 Å². The van der Waals surface area contributed by atoms with Crippen molar-refractivity contribution in [1.29, 1.82) is 0 Å². The number of carboxylic acids is 2. The molecule has 3 rings (SSSR count). The smallest absolute Gasteiger partial charge is 0.339 e. The molecule has 0 fully saturated rings. The lowest BCUT2D eigenvalue weighted by atomic mass is 9.99. The van der Waals surface area contributed by atoms with Crippen molar-refractivity contribution in [3.8, 4) is 5.75 Å². The van der Waals surface area contributed by atoms with Crippen molar-refractivity contribution in [2.75, 3.05) is 0 Å². The van der Waals surface area contributed by atoms with E-state index in [0.29, 0.717) is 0 Å². The van der Waals surface area contributed by atoms with Crippen LogP contribution in [-0.4, -0.2) is 30.6 Å². The number of rotatable bonds is 6. The van der Waals surface area contributed by atoms with E-state index in [0.717, 1.165) is 17.7 Å². The second-order valence-corrected chi connectivity index (χ2v) is 8.23. The van der Waals surface area contributed by atoms with E-state index < -0.39 is 22.1 Å². The van der Waals surface area contributed by atoms with Crippen molar-refractivity contribution in [2.24, 2.45) is 0 Å². The molecule has 0 saturated heterocycles. The summed E-state index contributed by atoms with van der Waals surface area (Å²) < 4.78 is 31.0. The second kappa shape index (κ2) is 7.56. The highest BCUT2D eigenvalue weighted by Crippen LogP contribution is 2.31. The van der Waals surface area contributed by atoms with Crippen LogP contribution in [0.1, 0.15) is 46.0 Å². The van der Waals surface area contributed by atoms with Crippen molar-refractivity contribution in [3.05, 3.63) is 71.3 Å². The van der Waals surface area contributed by atoms with Gasteiger partial charge in [0.2, 0.25) is 0 Å². The highest BCUT2D eigenvalue weighted by atomic mass is 32.2.